The monoisotopic (exact) mass is 257 g/mol. The Balaban J connectivity index is 2.74. The van der Waals surface area contributed by atoms with Gasteiger partial charge in [-0.2, -0.15) is 5.26 Å². The van der Waals surface area contributed by atoms with Crippen molar-refractivity contribution in [3.63, 3.8) is 0 Å². The fourth-order valence-electron chi connectivity index (χ4n) is 1.47. The lowest BCUT2D eigenvalue weighted by Gasteiger charge is -2.06. The summed E-state index contributed by atoms with van der Waals surface area (Å²) >= 11 is 0. The van der Waals surface area contributed by atoms with Gasteiger partial charge in [-0.15, -0.1) is 0 Å². The first-order valence-corrected chi connectivity index (χ1v) is 6.30. The third-order valence-electron chi connectivity index (χ3n) is 2.79. The third-order valence-corrected chi connectivity index (χ3v) is 2.79. The molecule has 4 heteroatoms. The molecule has 0 aliphatic heterocycles. The van der Waals surface area contributed by atoms with E-state index in [1.54, 1.807) is 0 Å². The van der Waals surface area contributed by atoms with Crippen LogP contribution in [0.1, 0.15) is 24.5 Å². The predicted octanol–water partition coefficient (Wildman–Crippen LogP) is 2.65. The zero-order valence-electron chi connectivity index (χ0n) is 11.6. The number of hydrogen-bond donors (Lipinski definition) is 2. The minimum absolute atomic E-state index is 0.0756. The molecule has 4 nitrogen and oxygen atoms in total. The molecule has 0 aliphatic carbocycles. The number of rotatable bonds is 5. The average Bonchev–Trinajstić information content (AvgIpc) is 2.41. The van der Waals surface area contributed by atoms with Crippen LogP contribution in [0.15, 0.2) is 30.0 Å². The lowest BCUT2D eigenvalue weighted by molar-refractivity contribution is -0.117. The summed E-state index contributed by atoms with van der Waals surface area (Å²) in [5.74, 6) is -0.347. The number of nitrogens with zero attached hydrogens (tertiary/aromatic N) is 1. The van der Waals surface area contributed by atoms with Gasteiger partial charge in [0.2, 0.25) is 0 Å². The molecule has 0 saturated heterocycles. The number of nitrogens with one attached hydrogen (secondary N) is 2. The highest BCUT2D eigenvalue weighted by Crippen LogP contribution is 2.14. The summed E-state index contributed by atoms with van der Waals surface area (Å²) in [5, 5.41) is 14.6. The first-order chi connectivity index (χ1) is 9.08. The van der Waals surface area contributed by atoms with Crippen molar-refractivity contribution in [2.45, 2.75) is 27.2 Å². The second-order valence-corrected chi connectivity index (χ2v) is 4.37. The number of benzene rings is 1. The van der Waals surface area contributed by atoms with Crippen molar-refractivity contribution in [2.24, 2.45) is 0 Å². The molecule has 1 amide bonds. The zero-order valence-corrected chi connectivity index (χ0v) is 11.6. The Labute approximate surface area is 114 Å². The van der Waals surface area contributed by atoms with Crippen molar-refractivity contribution in [1.29, 1.82) is 5.26 Å². The summed E-state index contributed by atoms with van der Waals surface area (Å²) in [6, 6.07) is 7.78. The zero-order chi connectivity index (χ0) is 14.3. The van der Waals surface area contributed by atoms with Gasteiger partial charge in [0, 0.05) is 18.4 Å². The molecular formula is C15H19N3O. The molecule has 0 saturated carbocycles. The molecule has 0 fully saturated rings. The van der Waals surface area contributed by atoms with E-state index in [1.807, 2.05) is 45.0 Å². The number of nitriles is 1. The Morgan fingerprint density at radius 3 is 2.68 bits per heavy atom. The van der Waals surface area contributed by atoms with E-state index in [2.05, 4.69) is 10.6 Å². The Morgan fingerprint density at radius 2 is 2.11 bits per heavy atom. The van der Waals surface area contributed by atoms with E-state index in [9.17, 15) is 4.79 Å². The largest absolute Gasteiger partial charge is 0.360 e. The number of carbonyl (C=O) groups is 1. The molecule has 0 atom stereocenters. The van der Waals surface area contributed by atoms with Gasteiger partial charge in [0.1, 0.15) is 11.6 Å². The van der Waals surface area contributed by atoms with Gasteiger partial charge in [0.05, 0.1) is 0 Å². The van der Waals surface area contributed by atoms with Crippen LogP contribution >= 0.6 is 0 Å². The third kappa shape index (κ3) is 4.47. The maximum Gasteiger partial charge on any atom is 0.263 e. The van der Waals surface area contributed by atoms with E-state index in [4.69, 9.17) is 5.26 Å². The summed E-state index contributed by atoms with van der Waals surface area (Å²) in [7, 11) is 0. The molecular weight excluding hydrogens is 238 g/mol. The summed E-state index contributed by atoms with van der Waals surface area (Å²) in [4.78, 5) is 11.6. The highest BCUT2D eigenvalue weighted by Gasteiger charge is 2.07. The highest BCUT2D eigenvalue weighted by atomic mass is 16.1. The van der Waals surface area contributed by atoms with E-state index in [0.29, 0.717) is 6.54 Å². The molecule has 0 aromatic heterocycles. The molecule has 0 heterocycles. The van der Waals surface area contributed by atoms with Gasteiger partial charge in [-0.25, -0.2) is 0 Å². The highest BCUT2D eigenvalue weighted by molar-refractivity contribution is 5.97. The fourth-order valence-corrected chi connectivity index (χ4v) is 1.47. The van der Waals surface area contributed by atoms with Gasteiger partial charge in [-0.1, -0.05) is 13.0 Å². The number of hydrogen-bond acceptors (Lipinski definition) is 3. The van der Waals surface area contributed by atoms with Crippen molar-refractivity contribution in [2.75, 3.05) is 11.9 Å². The van der Waals surface area contributed by atoms with Crippen LogP contribution in [-0.2, 0) is 4.79 Å². The predicted molar refractivity (Wildman–Crippen MR) is 76.5 cm³/mol. The Hall–Kier alpha value is -2.28. The standard InChI is InChI=1S/C15H19N3O/c1-4-7-17-15(19)13(9-16)10-18-14-6-5-11(2)12(3)8-14/h5-6,8,10,18H,4,7H2,1-3H3,(H,17,19)/b13-10-. The topological polar surface area (TPSA) is 64.9 Å². The average molecular weight is 257 g/mol. The van der Waals surface area contributed by atoms with Gasteiger partial charge in [0.15, 0.2) is 0 Å². The van der Waals surface area contributed by atoms with E-state index < -0.39 is 0 Å². The molecule has 100 valence electrons. The van der Waals surface area contributed by atoms with Crippen molar-refractivity contribution >= 4 is 11.6 Å². The number of aryl methyl sites for hydroxylation is 2. The molecule has 1 rings (SSSR count). The molecule has 19 heavy (non-hydrogen) atoms. The minimum atomic E-state index is -0.347. The maximum absolute atomic E-state index is 11.6. The van der Waals surface area contributed by atoms with Crippen LogP contribution < -0.4 is 10.6 Å². The Kier molecular flexibility index (Phi) is 5.62. The van der Waals surface area contributed by atoms with Crippen molar-refractivity contribution < 1.29 is 4.79 Å². The normalized spacial score (nSPS) is 10.7. The summed E-state index contributed by atoms with van der Waals surface area (Å²) in [6.07, 6.45) is 2.28. The fraction of sp³-hybridized carbons (Fsp3) is 0.333. The first-order valence-electron chi connectivity index (χ1n) is 6.30. The number of amides is 1. The molecule has 0 unspecified atom stereocenters. The lowest BCUT2D eigenvalue weighted by Crippen LogP contribution is -2.25. The molecule has 2 N–H and O–H groups in total. The molecule has 1 aromatic rings. The van der Waals surface area contributed by atoms with E-state index >= 15 is 0 Å². The van der Waals surface area contributed by atoms with Crippen molar-refractivity contribution in [3.05, 3.63) is 41.1 Å². The van der Waals surface area contributed by atoms with Crippen LogP contribution in [-0.4, -0.2) is 12.5 Å². The summed E-state index contributed by atoms with van der Waals surface area (Å²) in [5.41, 5.74) is 3.30. The van der Waals surface area contributed by atoms with Crippen LogP contribution in [0.3, 0.4) is 0 Å². The van der Waals surface area contributed by atoms with E-state index in [0.717, 1.165) is 17.7 Å². The van der Waals surface area contributed by atoms with Gasteiger partial charge in [0.25, 0.3) is 5.91 Å². The van der Waals surface area contributed by atoms with Crippen molar-refractivity contribution in [1.82, 2.24) is 5.32 Å². The van der Waals surface area contributed by atoms with E-state index in [1.165, 1.54) is 11.8 Å². The van der Waals surface area contributed by atoms with Gasteiger partial charge in [-0.05, 0) is 43.5 Å². The minimum Gasteiger partial charge on any atom is -0.360 e. The van der Waals surface area contributed by atoms with Crippen LogP contribution in [0.4, 0.5) is 5.69 Å². The maximum atomic E-state index is 11.6. The molecule has 0 aliphatic rings. The molecule has 0 radical (unpaired) electrons. The smallest absolute Gasteiger partial charge is 0.263 e. The number of anilines is 1. The second-order valence-electron chi connectivity index (χ2n) is 4.37. The van der Waals surface area contributed by atoms with Gasteiger partial charge in [-0.3, -0.25) is 4.79 Å². The SMILES string of the molecule is CCCNC(=O)/C(C#N)=C\Nc1ccc(C)c(C)c1. The lowest BCUT2D eigenvalue weighted by atomic mass is 10.1. The Bertz CT molecular complexity index is 527. The number of carbonyl (C=O) groups excluding carboxylic acids is 1. The van der Waals surface area contributed by atoms with E-state index in [-0.39, 0.29) is 11.5 Å². The van der Waals surface area contributed by atoms with Crippen LogP contribution in [0.2, 0.25) is 0 Å². The van der Waals surface area contributed by atoms with Crippen LogP contribution in [0.25, 0.3) is 0 Å². The Morgan fingerprint density at radius 1 is 1.37 bits per heavy atom. The van der Waals surface area contributed by atoms with Crippen molar-refractivity contribution in [3.8, 4) is 6.07 Å². The molecule has 0 bridgehead atoms. The van der Waals surface area contributed by atoms with Crippen LogP contribution in [0, 0.1) is 25.2 Å². The van der Waals surface area contributed by atoms with Gasteiger partial charge < -0.3 is 10.6 Å². The quantitative estimate of drug-likeness (QED) is 0.629. The second kappa shape index (κ2) is 7.22. The van der Waals surface area contributed by atoms with Crippen LogP contribution in [0.5, 0.6) is 0 Å². The summed E-state index contributed by atoms with van der Waals surface area (Å²) in [6.45, 7) is 6.59. The summed E-state index contributed by atoms with van der Waals surface area (Å²) < 4.78 is 0. The molecule has 1 aromatic carbocycles. The molecule has 0 spiro atoms. The van der Waals surface area contributed by atoms with Gasteiger partial charge >= 0.3 is 0 Å². The first kappa shape index (κ1) is 14.8.